The van der Waals surface area contributed by atoms with Crippen LogP contribution in [0.15, 0.2) is 39.6 Å². The van der Waals surface area contributed by atoms with Crippen LogP contribution in [0, 0.1) is 30.5 Å². The molecule has 3 rings (SSSR count). The van der Waals surface area contributed by atoms with Gasteiger partial charge in [-0.25, -0.2) is 14.2 Å². The molecule has 2 aromatic carbocycles. The number of rotatable bonds is 7. The van der Waals surface area contributed by atoms with E-state index < -0.39 is 34.3 Å². The smallest absolute Gasteiger partial charge is 0.338 e. The average Bonchev–Trinajstić information content (AvgIpc) is 2.78. The van der Waals surface area contributed by atoms with Crippen LogP contribution in [0.1, 0.15) is 42.5 Å². The summed E-state index contributed by atoms with van der Waals surface area (Å²) in [5.74, 6) is 0.0719. The van der Waals surface area contributed by atoms with Crippen LogP contribution in [-0.2, 0) is 22.8 Å². The second-order valence-electron chi connectivity index (χ2n) is 9.17. The van der Waals surface area contributed by atoms with Crippen molar-refractivity contribution in [2.75, 3.05) is 11.4 Å². The Balaban J connectivity index is 2.04. The number of benzene rings is 2. The quantitative estimate of drug-likeness (QED) is 0.337. The monoisotopic (exact) mass is 557 g/mol. The van der Waals surface area contributed by atoms with Gasteiger partial charge in [0.25, 0.3) is 5.56 Å². The number of esters is 1. The van der Waals surface area contributed by atoms with Gasteiger partial charge in [0.05, 0.1) is 34.1 Å². The predicted molar refractivity (Wildman–Crippen MR) is 137 cm³/mol. The summed E-state index contributed by atoms with van der Waals surface area (Å²) in [5, 5.41) is 9.54. The van der Waals surface area contributed by atoms with Gasteiger partial charge in [-0.2, -0.15) is 0 Å². The fourth-order valence-corrected chi connectivity index (χ4v) is 3.94. The molecular weight excluding hydrogens is 533 g/mol. The van der Waals surface area contributed by atoms with E-state index in [4.69, 9.17) is 11.2 Å². The van der Waals surface area contributed by atoms with E-state index in [1.54, 1.807) is 39.8 Å². The molecule has 36 heavy (non-hydrogen) atoms. The lowest BCUT2D eigenvalue weighted by molar-refractivity contribution is -0.157. The molecule has 0 radical (unpaired) electrons. The maximum absolute atomic E-state index is 14.9. The molecule has 188 valence electrons. The van der Waals surface area contributed by atoms with Crippen LogP contribution in [-0.4, -0.2) is 33.1 Å². The van der Waals surface area contributed by atoms with E-state index >= 15 is 0 Å². The Morgan fingerprint density at radius 2 is 2.00 bits per heavy atom. The summed E-state index contributed by atoms with van der Waals surface area (Å²) in [7, 11) is 0. The van der Waals surface area contributed by atoms with E-state index in [1.807, 2.05) is 0 Å². The molecule has 0 aliphatic rings. The van der Waals surface area contributed by atoms with Crippen molar-refractivity contribution in [3.63, 3.8) is 0 Å². The Morgan fingerprint density at radius 3 is 2.61 bits per heavy atom. The Labute approximate surface area is 215 Å². The molecule has 0 saturated carbocycles. The first kappa shape index (κ1) is 26.9. The second kappa shape index (κ2) is 10.5. The molecule has 0 fully saturated rings. The summed E-state index contributed by atoms with van der Waals surface area (Å²) in [6.45, 7) is 6.56. The number of ether oxygens (including phenoxy) is 1. The van der Waals surface area contributed by atoms with Gasteiger partial charge >= 0.3 is 11.9 Å². The highest BCUT2D eigenvalue weighted by molar-refractivity contribution is 9.10. The molecule has 1 aromatic heterocycles. The zero-order valence-electron chi connectivity index (χ0n) is 20.3. The Hall–Kier alpha value is -3.71. The average molecular weight is 558 g/mol. The molecule has 10 heteroatoms. The first-order chi connectivity index (χ1) is 16.8. The van der Waals surface area contributed by atoms with Crippen molar-refractivity contribution in [3.05, 3.63) is 67.9 Å². The molecule has 0 saturated heterocycles. The molecule has 8 nitrogen and oxygen atoms in total. The summed E-state index contributed by atoms with van der Waals surface area (Å²) in [4.78, 5) is 42.8. The molecule has 1 heterocycles. The third kappa shape index (κ3) is 5.57. The number of carbonyl (C=O) groups is 2. The largest absolute Gasteiger partial charge is 0.478 e. The maximum atomic E-state index is 14.9. The zero-order chi connectivity index (χ0) is 26.8. The molecule has 0 aliphatic heterocycles. The third-order valence-electron chi connectivity index (χ3n) is 5.44. The number of aromatic carboxylic acids is 1. The zero-order valence-corrected chi connectivity index (χ0v) is 21.8. The van der Waals surface area contributed by atoms with E-state index in [1.165, 1.54) is 27.7 Å². The minimum atomic E-state index is -1.39. The van der Waals surface area contributed by atoms with E-state index in [9.17, 15) is 23.9 Å². The number of carboxylic acid groups (broad SMARTS) is 1. The van der Waals surface area contributed by atoms with Gasteiger partial charge in [0.1, 0.15) is 5.82 Å². The number of aromatic nitrogens is 2. The molecule has 0 spiro atoms. The van der Waals surface area contributed by atoms with E-state index in [0.717, 1.165) is 0 Å². The lowest BCUT2D eigenvalue weighted by Crippen LogP contribution is -2.30. The van der Waals surface area contributed by atoms with Crippen LogP contribution in [0.4, 0.5) is 10.1 Å². The van der Waals surface area contributed by atoms with Crippen LogP contribution >= 0.6 is 15.9 Å². The van der Waals surface area contributed by atoms with Crippen molar-refractivity contribution in [2.45, 2.75) is 41.0 Å². The van der Waals surface area contributed by atoms with Gasteiger partial charge in [0, 0.05) is 11.0 Å². The molecule has 0 unspecified atom stereocenters. The number of anilines is 1. The Kier molecular flexibility index (Phi) is 7.84. The molecule has 0 aliphatic carbocycles. The number of nitrogens with zero attached hydrogens (tertiary/aromatic N) is 3. The van der Waals surface area contributed by atoms with Crippen LogP contribution in [0.2, 0.25) is 0 Å². The lowest BCUT2D eigenvalue weighted by Gasteiger charge is -2.24. The minimum absolute atomic E-state index is 0.0103. The van der Waals surface area contributed by atoms with Crippen LogP contribution in [0.5, 0.6) is 0 Å². The SMILES string of the molecule is C#CCN(Cc1cc2c(=O)n(COC(=O)C(C)(C)C)c(C)nc2cc1Br)c1cccc(C(=O)O)c1F. The Morgan fingerprint density at radius 1 is 1.31 bits per heavy atom. The number of terminal acetylenes is 1. The fourth-order valence-electron chi connectivity index (χ4n) is 3.48. The first-order valence-electron chi connectivity index (χ1n) is 10.9. The van der Waals surface area contributed by atoms with Gasteiger partial charge in [0.15, 0.2) is 12.5 Å². The number of hydrogen-bond acceptors (Lipinski definition) is 6. The summed E-state index contributed by atoms with van der Waals surface area (Å²) in [6.07, 6.45) is 5.50. The van der Waals surface area contributed by atoms with Crippen molar-refractivity contribution in [2.24, 2.45) is 5.41 Å². The van der Waals surface area contributed by atoms with Gasteiger partial charge in [0.2, 0.25) is 0 Å². The third-order valence-corrected chi connectivity index (χ3v) is 6.18. The number of fused-ring (bicyclic) bond motifs is 1. The van der Waals surface area contributed by atoms with Crippen molar-refractivity contribution in [1.82, 2.24) is 9.55 Å². The molecule has 3 aromatic rings. The number of hydrogen-bond donors (Lipinski definition) is 1. The summed E-state index contributed by atoms with van der Waals surface area (Å²) in [6, 6.07) is 7.33. The van der Waals surface area contributed by atoms with Gasteiger partial charge in [-0.15, -0.1) is 6.42 Å². The minimum Gasteiger partial charge on any atom is -0.478 e. The number of carbonyl (C=O) groups excluding carboxylic acids is 1. The first-order valence-corrected chi connectivity index (χ1v) is 11.7. The topological polar surface area (TPSA) is 102 Å². The molecule has 0 bridgehead atoms. The van der Waals surface area contributed by atoms with Gasteiger partial charge in [-0.05, 0) is 57.5 Å². The summed E-state index contributed by atoms with van der Waals surface area (Å²) >= 11 is 3.48. The van der Waals surface area contributed by atoms with Crippen LogP contribution in [0.25, 0.3) is 10.9 Å². The molecule has 0 atom stereocenters. The van der Waals surface area contributed by atoms with Crippen molar-refractivity contribution >= 4 is 44.5 Å². The number of aryl methyl sites for hydroxylation is 1. The molecule has 0 amide bonds. The molecular formula is C26H25BrFN3O5. The van der Waals surface area contributed by atoms with E-state index in [-0.39, 0.29) is 30.9 Å². The highest BCUT2D eigenvalue weighted by Gasteiger charge is 2.24. The molecule has 1 N–H and O–H groups in total. The standard InChI is InChI=1S/C26H25BrFN3O5/c1-6-10-30(21-9-7-8-17(22(21)28)24(33)34)13-16-11-18-20(12-19(16)27)29-15(2)31(23(18)32)14-36-25(35)26(3,4)5/h1,7-9,11-12H,10,13-14H2,2-5H3,(H,33,34). The van der Waals surface area contributed by atoms with Crippen molar-refractivity contribution < 1.29 is 23.8 Å². The highest BCUT2D eigenvalue weighted by Crippen LogP contribution is 2.28. The van der Waals surface area contributed by atoms with Gasteiger partial charge < -0.3 is 14.7 Å². The summed E-state index contributed by atoms with van der Waals surface area (Å²) in [5.41, 5.74) is -0.565. The second-order valence-corrected chi connectivity index (χ2v) is 10.0. The van der Waals surface area contributed by atoms with E-state index in [0.29, 0.717) is 21.4 Å². The fraction of sp³-hybridized carbons (Fsp3) is 0.308. The Bertz CT molecular complexity index is 1450. The van der Waals surface area contributed by atoms with Crippen LogP contribution in [0.3, 0.4) is 0 Å². The van der Waals surface area contributed by atoms with E-state index in [2.05, 4.69) is 26.8 Å². The van der Waals surface area contributed by atoms with Gasteiger partial charge in [-0.1, -0.05) is 27.9 Å². The number of halogens is 2. The summed E-state index contributed by atoms with van der Waals surface area (Å²) < 4.78 is 22.1. The van der Waals surface area contributed by atoms with Crippen molar-refractivity contribution in [3.8, 4) is 12.3 Å². The van der Waals surface area contributed by atoms with Crippen LogP contribution < -0.4 is 10.5 Å². The highest BCUT2D eigenvalue weighted by atomic mass is 79.9. The number of carboxylic acids is 1. The normalized spacial score (nSPS) is 11.2. The van der Waals surface area contributed by atoms with Gasteiger partial charge in [-0.3, -0.25) is 14.2 Å². The lowest BCUT2D eigenvalue weighted by atomic mass is 9.98. The maximum Gasteiger partial charge on any atom is 0.338 e. The predicted octanol–water partition coefficient (Wildman–Crippen LogP) is 4.49. The van der Waals surface area contributed by atoms with Crippen molar-refractivity contribution in [1.29, 1.82) is 0 Å².